The summed E-state index contributed by atoms with van der Waals surface area (Å²) in [6.45, 7) is 0.550. The Labute approximate surface area is 125 Å². The lowest BCUT2D eigenvalue weighted by atomic mass is 10.2. The van der Waals surface area contributed by atoms with Crippen LogP contribution in [0.5, 0.6) is 5.75 Å². The normalized spacial score (nSPS) is 10.8. The number of ether oxygens (including phenoxy) is 1. The molecular formula is C16H14BrNO2. The molecule has 0 amide bonds. The number of aryl methyl sites for hydroxylation is 1. The highest BCUT2D eigenvalue weighted by molar-refractivity contribution is 9.09. The van der Waals surface area contributed by atoms with Crippen molar-refractivity contribution in [3.05, 3.63) is 59.8 Å². The van der Waals surface area contributed by atoms with Crippen LogP contribution in [-0.2, 0) is 13.0 Å². The third-order valence-electron chi connectivity index (χ3n) is 3.10. The molecule has 0 N–H and O–H groups in total. The fourth-order valence-electron chi connectivity index (χ4n) is 2.07. The second-order valence-corrected chi connectivity index (χ2v) is 5.29. The molecule has 0 saturated carbocycles. The van der Waals surface area contributed by atoms with Crippen LogP contribution in [0.2, 0.25) is 0 Å². The highest BCUT2D eigenvalue weighted by Crippen LogP contribution is 2.24. The quantitative estimate of drug-likeness (QED) is 0.652. The molecule has 3 aromatic rings. The van der Waals surface area contributed by atoms with Crippen LogP contribution in [0.15, 0.2) is 53.1 Å². The van der Waals surface area contributed by atoms with Crippen LogP contribution in [0.25, 0.3) is 11.0 Å². The van der Waals surface area contributed by atoms with Gasteiger partial charge in [-0.1, -0.05) is 51.4 Å². The maximum Gasteiger partial charge on any atom is 0.170 e. The van der Waals surface area contributed by atoms with Gasteiger partial charge in [0.05, 0.1) is 5.69 Å². The minimum atomic E-state index is 0.550. The SMILES string of the molecule is BrCCc1noc2cc(OCc3ccccc3)ccc12. The lowest BCUT2D eigenvalue weighted by Gasteiger charge is -2.05. The fourth-order valence-corrected chi connectivity index (χ4v) is 2.45. The topological polar surface area (TPSA) is 35.3 Å². The molecule has 3 rings (SSSR count). The van der Waals surface area contributed by atoms with E-state index >= 15 is 0 Å². The van der Waals surface area contributed by atoms with Gasteiger partial charge in [0.2, 0.25) is 0 Å². The summed E-state index contributed by atoms with van der Waals surface area (Å²) in [7, 11) is 0. The Bertz CT molecular complexity index is 694. The van der Waals surface area contributed by atoms with E-state index in [0.29, 0.717) is 6.61 Å². The average Bonchev–Trinajstić information content (AvgIpc) is 2.89. The van der Waals surface area contributed by atoms with E-state index < -0.39 is 0 Å². The van der Waals surface area contributed by atoms with E-state index in [1.165, 1.54) is 0 Å². The van der Waals surface area contributed by atoms with Crippen LogP contribution in [0.1, 0.15) is 11.3 Å². The molecule has 0 radical (unpaired) electrons. The summed E-state index contributed by atoms with van der Waals surface area (Å²) >= 11 is 3.42. The van der Waals surface area contributed by atoms with E-state index in [-0.39, 0.29) is 0 Å². The fraction of sp³-hybridized carbons (Fsp3) is 0.188. The average molecular weight is 332 g/mol. The summed E-state index contributed by atoms with van der Waals surface area (Å²) in [6, 6.07) is 15.9. The van der Waals surface area contributed by atoms with Crippen molar-refractivity contribution in [2.45, 2.75) is 13.0 Å². The van der Waals surface area contributed by atoms with Crippen LogP contribution >= 0.6 is 15.9 Å². The number of fused-ring (bicyclic) bond motifs is 1. The van der Waals surface area contributed by atoms with E-state index in [1.54, 1.807) is 0 Å². The van der Waals surface area contributed by atoms with Crippen molar-refractivity contribution >= 4 is 26.9 Å². The van der Waals surface area contributed by atoms with E-state index in [4.69, 9.17) is 9.26 Å². The lowest BCUT2D eigenvalue weighted by molar-refractivity contribution is 0.306. The first-order chi connectivity index (χ1) is 9.86. The molecule has 0 saturated heterocycles. The third-order valence-corrected chi connectivity index (χ3v) is 3.49. The first-order valence-corrected chi connectivity index (χ1v) is 7.60. The summed E-state index contributed by atoms with van der Waals surface area (Å²) < 4.78 is 11.1. The van der Waals surface area contributed by atoms with Gasteiger partial charge < -0.3 is 9.26 Å². The van der Waals surface area contributed by atoms with Gasteiger partial charge in [0.25, 0.3) is 0 Å². The van der Waals surface area contributed by atoms with Crippen molar-refractivity contribution in [1.82, 2.24) is 5.16 Å². The van der Waals surface area contributed by atoms with Crippen LogP contribution < -0.4 is 4.74 Å². The Hall–Kier alpha value is -1.81. The standard InChI is InChI=1S/C16H14BrNO2/c17-9-8-15-14-7-6-13(10-16(14)20-18-15)19-11-12-4-2-1-3-5-12/h1-7,10H,8-9,11H2. The summed E-state index contributed by atoms with van der Waals surface area (Å²) in [5.41, 5.74) is 2.89. The smallest absolute Gasteiger partial charge is 0.170 e. The van der Waals surface area contributed by atoms with Gasteiger partial charge in [0.1, 0.15) is 12.4 Å². The summed E-state index contributed by atoms with van der Waals surface area (Å²) in [4.78, 5) is 0. The number of nitrogens with zero attached hydrogens (tertiary/aromatic N) is 1. The van der Waals surface area contributed by atoms with Crippen LogP contribution in [0.3, 0.4) is 0 Å². The van der Waals surface area contributed by atoms with Crippen molar-refractivity contribution in [1.29, 1.82) is 0 Å². The van der Waals surface area contributed by atoms with Gasteiger partial charge in [-0.3, -0.25) is 0 Å². The number of hydrogen-bond acceptors (Lipinski definition) is 3. The maximum absolute atomic E-state index is 5.77. The van der Waals surface area contributed by atoms with Crippen molar-refractivity contribution < 1.29 is 9.26 Å². The number of alkyl halides is 1. The third kappa shape index (κ3) is 2.85. The summed E-state index contributed by atoms with van der Waals surface area (Å²) in [6.07, 6.45) is 0.858. The molecule has 1 heterocycles. The molecule has 0 spiro atoms. The van der Waals surface area contributed by atoms with Gasteiger partial charge in [-0.15, -0.1) is 0 Å². The van der Waals surface area contributed by atoms with E-state index in [2.05, 4.69) is 21.1 Å². The van der Waals surface area contributed by atoms with Crippen LogP contribution in [0.4, 0.5) is 0 Å². The Balaban J connectivity index is 1.76. The second-order valence-electron chi connectivity index (χ2n) is 4.50. The van der Waals surface area contributed by atoms with Gasteiger partial charge >= 0.3 is 0 Å². The van der Waals surface area contributed by atoms with Gasteiger partial charge in [0, 0.05) is 23.2 Å². The second kappa shape index (κ2) is 6.09. The molecule has 1 aromatic heterocycles. The molecule has 4 heteroatoms. The first kappa shape index (κ1) is 13.2. The number of hydrogen-bond donors (Lipinski definition) is 0. The van der Waals surface area contributed by atoms with Crippen molar-refractivity contribution in [2.75, 3.05) is 5.33 Å². The molecule has 0 bridgehead atoms. The van der Waals surface area contributed by atoms with Crippen LogP contribution in [0, 0.1) is 0 Å². The minimum absolute atomic E-state index is 0.550. The predicted molar refractivity (Wildman–Crippen MR) is 82.3 cm³/mol. The van der Waals surface area contributed by atoms with E-state index in [9.17, 15) is 0 Å². The zero-order chi connectivity index (χ0) is 13.8. The van der Waals surface area contributed by atoms with Crippen LogP contribution in [-0.4, -0.2) is 10.5 Å². The molecule has 102 valence electrons. The van der Waals surface area contributed by atoms with E-state index in [0.717, 1.165) is 39.7 Å². The summed E-state index contributed by atoms with van der Waals surface area (Å²) in [5.74, 6) is 0.794. The zero-order valence-electron chi connectivity index (χ0n) is 10.9. The molecule has 0 atom stereocenters. The Morgan fingerprint density at radius 1 is 1.10 bits per heavy atom. The monoisotopic (exact) mass is 331 g/mol. The van der Waals surface area contributed by atoms with Crippen molar-refractivity contribution in [3.8, 4) is 5.75 Å². The molecule has 3 nitrogen and oxygen atoms in total. The number of halogens is 1. The number of benzene rings is 2. The molecule has 2 aromatic carbocycles. The first-order valence-electron chi connectivity index (χ1n) is 6.48. The molecule has 0 fully saturated rings. The van der Waals surface area contributed by atoms with Crippen molar-refractivity contribution in [3.63, 3.8) is 0 Å². The Morgan fingerprint density at radius 2 is 1.95 bits per heavy atom. The number of rotatable bonds is 5. The Kier molecular flexibility index (Phi) is 4.02. The lowest BCUT2D eigenvalue weighted by Crippen LogP contribution is -1.94. The molecule has 0 aliphatic heterocycles. The largest absolute Gasteiger partial charge is 0.489 e. The predicted octanol–water partition coefficient (Wildman–Crippen LogP) is 4.34. The van der Waals surface area contributed by atoms with Gasteiger partial charge in [-0.25, -0.2) is 0 Å². The van der Waals surface area contributed by atoms with Gasteiger partial charge in [-0.2, -0.15) is 0 Å². The highest BCUT2D eigenvalue weighted by Gasteiger charge is 2.08. The summed E-state index contributed by atoms with van der Waals surface area (Å²) in [5, 5.41) is 6.01. The Morgan fingerprint density at radius 3 is 2.75 bits per heavy atom. The molecule has 0 aliphatic carbocycles. The van der Waals surface area contributed by atoms with Gasteiger partial charge in [0.15, 0.2) is 5.58 Å². The van der Waals surface area contributed by atoms with E-state index in [1.807, 2.05) is 48.5 Å². The van der Waals surface area contributed by atoms with Crippen molar-refractivity contribution in [2.24, 2.45) is 0 Å². The number of aromatic nitrogens is 1. The minimum Gasteiger partial charge on any atom is -0.489 e. The zero-order valence-corrected chi connectivity index (χ0v) is 12.5. The molecule has 0 aliphatic rings. The highest BCUT2D eigenvalue weighted by atomic mass is 79.9. The molecule has 0 unspecified atom stereocenters. The molecular weight excluding hydrogens is 318 g/mol. The maximum atomic E-state index is 5.77. The van der Waals surface area contributed by atoms with Gasteiger partial charge in [-0.05, 0) is 17.7 Å². The molecule has 20 heavy (non-hydrogen) atoms.